The summed E-state index contributed by atoms with van der Waals surface area (Å²) in [6.45, 7) is 0.646. The van der Waals surface area contributed by atoms with Crippen LogP contribution in [0.25, 0.3) is 22.4 Å². The first-order valence-electron chi connectivity index (χ1n) is 11.4. The quantitative estimate of drug-likeness (QED) is 0.351. The number of para-hydroxylation sites is 1. The van der Waals surface area contributed by atoms with Gasteiger partial charge in [0.05, 0.1) is 19.2 Å². The molecule has 0 bridgehead atoms. The zero-order valence-corrected chi connectivity index (χ0v) is 18.8. The summed E-state index contributed by atoms with van der Waals surface area (Å²) in [4.78, 5) is 13.8. The molecule has 1 N–H and O–H groups in total. The first-order chi connectivity index (χ1) is 16.8. The molecule has 7 heteroatoms. The maximum absolute atomic E-state index is 5.29. The molecule has 3 aromatic heterocycles. The number of ether oxygens (including phenoxy) is 1. The van der Waals surface area contributed by atoms with Crippen LogP contribution in [0, 0.1) is 0 Å². The number of aromatic nitrogens is 5. The second kappa shape index (κ2) is 8.59. The summed E-state index contributed by atoms with van der Waals surface area (Å²) in [6, 6.07) is 20.2. The molecule has 0 amide bonds. The molecular weight excluding hydrogens is 424 g/mol. The van der Waals surface area contributed by atoms with Crippen LogP contribution in [0.2, 0.25) is 0 Å². The van der Waals surface area contributed by atoms with Crippen LogP contribution < -0.4 is 10.1 Å². The minimum absolute atomic E-state index is 0.516. The van der Waals surface area contributed by atoms with Gasteiger partial charge in [0, 0.05) is 35.2 Å². The van der Waals surface area contributed by atoms with Gasteiger partial charge >= 0.3 is 0 Å². The molecule has 6 rings (SSSR count). The first kappa shape index (κ1) is 20.4. The molecule has 2 aromatic carbocycles. The highest BCUT2D eigenvalue weighted by Gasteiger charge is 2.28. The Labute approximate surface area is 197 Å². The molecule has 1 fully saturated rings. The van der Waals surface area contributed by atoms with Crippen LogP contribution in [-0.4, -0.2) is 31.8 Å². The number of benzene rings is 2. The SMILES string of the molecule is COc1ccc(Cn2nc(-c3ncc(C4CC4)c(Nc4ccncc4)n3)c3ccccc32)cc1. The van der Waals surface area contributed by atoms with Crippen molar-refractivity contribution in [3.63, 3.8) is 0 Å². The van der Waals surface area contributed by atoms with Crippen molar-refractivity contribution in [2.75, 3.05) is 12.4 Å². The number of hydrogen-bond donors (Lipinski definition) is 1. The highest BCUT2D eigenvalue weighted by atomic mass is 16.5. The van der Waals surface area contributed by atoms with Gasteiger partial charge in [0.25, 0.3) is 0 Å². The van der Waals surface area contributed by atoms with Crippen molar-refractivity contribution in [1.82, 2.24) is 24.7 Å². The minimum Gasteiger partial charge on any atom is -0.497 e. The second-order valence-corrected chi connectivity index (χ2v) is 8.50. The zero-order chi connectivity index (χ0) is 22.9. The van der Waals surface area contributed by atoms with E-state index in [0.29, 0.717) is 18.3 Å². The van der Waals surface area contributed by atoms with E-state index in [1.807, 2.05) is 47.3 Å². The zero-order valence-electron chi connectivity index (χ0n) is 18.8. The Bertz CT molecular complexity index is 1440. The van der Waals surface area contributed by atoms with Gasteiger partial charge in [-0.2, -0.15) is 5.10 Å². The molecule has 168 valence electrons. The molecule has 0 spiro atoms. The van der Waals surface area contributed by atoms with E-state index in [0.717, 1.165) is 45.0 Å². The fourth-order valence-electron chi connectivity index (χ4n) is 4.19. The maximum Gasteiger partial charge on any atom is 0.182 e. The normalized spacial score (nSPS) is 13.2. The minimum atomic E-state index is 0.516. The molecule has 0 radical (unpaired) electrons. The van der Waals surface area contributed by atoms with Crippen molar-refractivity contribution in [3.8, 4) is 17.3 Å². The van der Waals surface area contributed by atoms with E-state index in [9.17, 15) is 0 Å². The molecule has 1 aliphatic rings. The van der Waals surface area contributed by atoms with Gasteiger partial charge in [0.15, 0.2) is 5.82 Å². The summed E-state index contributed by atoms with van der Waals surface area (Å²) in [7, 11) is 1.68. The van der Waals surface area contributed by atoms with E-state index in [1.54, 1.807) is 19.5 Å². The number of nitrogens with one attached hydrogen (secondary N) is 1. The van der Waals surface area contributed by atoms with Crippen LogP contribution in [0.3, 0.4) is 0 Å². The second-order valence-electron chi connectivity index (χ2n) is 8.50. The average Bonchev–Trinajstić information content (AvgIpc) is 3.67. The summed E-state index contributed by atoms with van der Waals surface area (Å²) < 4.78 is 7.30. The Morgan fingerprint density at radius 1 is 1.00 bits per heavy atom. The standard InChI is InChI=1S/C27H24N6O/c1-34-21-10-6-18(7-11-21)17-33-24-5-3-2-4-22(24)25(32-33)27-29-16-23(19-8-9-19)26(31-27)30-20-12-14-28-15-13-20/h2-7,10-16,19H,8-9,17H2,1H3,(H,28,29,30,31). The van der Waals surface area contributed by atoms with Gasteiger partial charge in [-0.1, -0.05) is 30.3 Å². The first-order valence-corrected chi connectivity index (χ1v) is 11.4. The molecule has 1 aliphatic carbocycles. The van der Waals surface area contributed by atoms with Crippen LogP contribution in [-0.2, 0) is 6.54 Å². The summed E-state index contributed by atoms with van der Waals surface area (Å²) in [6.07, 6.45) is 7.85. The van der Waals surface area contributed by atoms with Gasteiger partial charge < -0.3 is 10.1 Å². The molecule has 0 aliphatic heterocycles. The van der Waals surface area contributed by atoms with E-state index < -0.39 is 0 Å². The smallest absolute Gasteiger partial charge is 0.182 e. The average molecular weight is 449 g/mol. The van der Waals surface area contributed by atoms with Crippen LogP contribution in [0.4, 0.5) is 11.5 Å². The van der Waals surface area contributed by atoms with E-state index >= 15 is 0 Å². The molecule has 5 aromatic rings. The Morgan fingerprint density at radius 2 is 1.79 bits per heavy atom. The number of anilines is 2. The lowest BCUT2D eigenvalue weighted by Gasteiger charge is -2.11. The van der Waals surface area contributed by atoms with Crippen molar-refractivity contribution in [2.45, 2.75) is 25.3 Å². The summed E-state index contributed by atoms with van der Waals surface area (Å²) in [5, 5.41) is 9.46. The van der Waals surface area contributed by atoms with Gasteiger partial charge in [-0.15, -0.1) is 0 Å². The van der Waals surface area contributed by atoms with Crippen molar-refractivity contribution >= 4 is 22.4 Å². The summed E-state index contributed by atoms with van der Waals surface area (Å²) in [5.74, 6) is 2.81. The largest absolute Gasteiger partial charge is 0.497 e. The van der Waals surface area contributed by atoms with Crippen LogP contribution >= 0.6 is 0 Å². The van der Waals surface area contributed by atoms with Gasteiger partial charge in [-0.3, -0.25) is 9.67 Å². The van der Waals surface area contributed by atoms with Crippen molar-refractivity contribution in [1.29, 1.82) is 0 Å². The number of nitrogens with zero attached hydrogens (tertiary/aromatic N) is 5. The topological polar surface area (TPSA) is 77.8 Å². The molecule has 0 saturated heterocycles. The maximum atomic E-state index is 5.29. The van der Waals surface area contributed by atoms with E-state index in [1.165, 1.54) is 12.8 Å². The lowest BCUT2D eigenvalue weighted by molar-refractivity contribution is 0.414. The predicted octanol–water partition coefficient (Wildman–Crippen LogP) is 5.57. The molecule has 0 unspecified atom stereocenters. The predicted molar refractivity (Wildman–Crippen MR) is 132 cm³/mol. The van der Waals surface area contributed by atoms with Crippen LogP contribution in [0.5, 0.6) is 5.75 Å². The van der Waals surface area contributed by atoms with Crippen LogP contribution in [0.1, 0.15) is 29.9 Å². The molecule has 7 nitrogen and oxygen atoms in total. The monoisotopic (exact) mass is 448 g/mol. The Morgan fingerprint density at radius 3 is 2.56 bits per heavy atom. The summed E-state index contributed by atoms with van der Waals surface area (Å²) >= 11 is 0. The van der Waals surface area contributed by atoms with Gasteiger partial charge in [0.1, 0.15) is 17.3 Å². The Hall–Kier alpha value is -4.26. The fraction of sp³-hybridized carbons (Fsp3) is 0.185. The van der Waals surface area contributed by atoms with E-state index in [2.05, 4.69) is 34.6 Å². The Balaban J connectivity index is 1.40. The Kier molecular flexibility index (Phi) is 5.14. The third-order valence-corrected chi connectivity index (χ3v) is 6.14. The highest BCUT2D eigenvalue weighted by molar-refractivity contribution is 5.92. The third kappa shape index (κ3) is 3.96. The fourth-order valence-corrected chi connectivity index (χ4v) is 4.19. The number of fused-ring (bicyclic) bond motifs is 1. The molecule has 0 atom stereocenters. The van der Waals surface area contributed by atoms with Gasteiger partial charge in [-0.05, 0) is 54.7 Å². The number of pyridine rings is 1. The van der Waals surface area contributed by atoms with Crippen molar-refractivity contribution in [3.05, 3.63) is 90.4 Å². The molecule has 3 heterocycles. The molecular formula is C27H24N6O. The van der Waals surface area contributed by atoms with Gasteiger partial charge in [0.2, 0.25) is 0 Å². The van der Waals surface area contributed by atoms with Crippen molar-refractivity contribution in [2.24, 2.45) is 0 Å². The molecule has 34 heavy (non-hydrogen) atoms. The van der Waals surface area contributed by atoms with E-state index in [4.69, 9.17) is 19.8 Å². The number of methoxy groups -OCH3 is 1. The summed E-state index contributed by atoms with van der Waals surface area (Å²) in [5.41, 5.74) is 5.08. The van der Waals surface area contributed by atoms with Gasteiger partial charge in [-0.25, -0.2) is 9.97 Å². The number of hydrogen-bond acceptors (Lipinski definition) is 6. The van der Waals surface area contributed by atoms with Crippen molar-refractivity contribution < 1.29 is 4.74 Å². The molecule has 1 saturated carbocycles. The lowest BCUT2D eigenvalue weighted by atomic mass is 10.1. The third-order valence-electron chi connectivity index (χ3n) is 6.14. The highest BCUT2D eigenvalue weighted by Crippen LogP contribution is 2.43. The van der Waals surface area contributed by atoms with E-state index in [-0.39, 0.29) is 0 Å². The lowest BCUT2D eigenvalue weighted by Crippen LogP contribution is -2.04. The number of rotatable bonds is 7. The van der Waals surface area contributed by atoms with Crippen LogP contribution in [0.15, 0.2) is 79.3 Å².